The van der Waals surface area contributed by atoms with Crippen LogP contribution < -0.4 is 41.3 Å². The lowest BCUT2D eigenvalue weighted by atomic mass is 9.95. The van der Waals surface area contributed by atoms with Gasteiger partial charge < -0.3 is 9.47 Å². The van der Waals surface area contributed by atoms with Crippen LogP contribution in [0.1, 0.15) is 56.1 Å². The molecule has 0 N–H and O–H groups in total. The van der Waals surface area contributed by atoms with Crippen LogP contribution in [0.15, 0.2) is 194 Å². The van der Waals surface area contributed by atoms with Crippen molar-refractivity contribution in [1.82, 2.24) is 0 Å². The summed E-state index contributed by atoms with van der Waals surface area (Å²) < 4.78 is 11.5. The largest absolute Gasteiger partial charge is 0.497 e. The lowest BCUT2D eigenvalue weighted by Crippen LogP contribution is -2.33. The summed E-state index contributed by atoms with van der Waals surface area (Å²) >= 11 is 0. The van der Waals surface area contributed by atoms with E-state index in [4.69, 9.17) is 9.47 Å². The molecule has 0 saturated heterocycles. The smallest absolute Gasteiger partial charge is 0.122 e. The van der Waals surface area contributed by atoms with Crippen molar-refractivity contribution in [2.45, 2.75) is 51.1 Å². The number of rotatable bonds is 18. The van der Waals surface area contributed by atoms with Gasteiger partial charge in [0.05, 0.1) is 26.5 Å². The van der Waals surface area contributed by atoms with Crippen molar-refractivity contribution in [1.29, 1.82) is 0 Å². The average molecular weight is 787 g/mol. The van der Waals surface area contributed by atoms with Gasteiger partial charge in [0.15, 0.2) is 0 Å². The van der Waals surface area contributed by atoms with Gasteiger partial charge in [0, 0.05) is 6.07 Å². The SMILES string of the molecule is COc1cc(C[P+](c2ccccc2)(c2ccccc2)c2cccc(C(C)CCCCCC[P+](c3ccccc3)(c3ccccc3)c3ccccc3)c2)cc(OC)c1. The molecule has 0 amide bonds. The Bertz CT molecular complexity index is 2100. The summed E-state index contributed by atoms with van der Waals surface area (Å²) in [5.74, 6) is 2.09. The Morgan fingerprint density at radius 2 is 0.807 bits per heavy atom. The van der Waals surface area contributed by atoms with E-state index >= 15 is 0 Å². The lowest BCUT2D eigenvalue weighted by molar-refractivity contribution is 0.393. The number of benzene rings is 7. The van der Waals surface area contributed by atoms with Crippen molar-refractivity contribution in [3.63, 3.8) is 0 Å². The van der Waals surface area contributed by atoms with E-state index < -0.39 is 14.5 Å². The molecule has 2 nitrogen and oxygen atoms in total. The standard InChI is InChI=1S/C53H56O2P2/c1-43(24-11-4-5-22-37-56(48-26-12-6-13-27-48,49-28-14-7-15-29-49)50-30-16-8-17-31-50)45-25-23-36-53(40-45)57(51-32-18-9-19-33-51,52-34-20-10-21-35-52)42-44-38-46(54-2)41-47(39-44)55-3/h6-10,12-21,23,25-36,38-41,43H,4-5,11,22,24,37,42H2,1-3H3/q+2. The third-order valence-electron chi connectivity index (χ3n) is 11.6. The molecule has 0 spiro atoms. The Kier molecular flexibility index (Phi) is 13.7. The molecule has 0 radical (unpaired) electrons. The maximum Gasteiger partial charge on any atom is 0.122 e. The van der Waals surface area contributed by atoms with Crippen molar-refractivity contribution in [3.05, 3.63) is 205 Å². The fraction of sp³-hybridized carbons (Fsp3) is 0.208. The highest BCUT2D eigenvalue weighted by Crippen LogP contribution is 2.59. The number of hydrogen-bond donors (Lipinski definition) is 0. The molecule has 0 saturated carbocycles. The molecule has 7 aromatic rings. The molecule has 1 unspecified atom stereocenters. The van der Waals surface area contributed by atoms with Crippen LogP contribution in [0.25, 0.3) is 0 Å². The first-order valence-electron chi connectivity index (χ1n) is 20.4. The van der Waals surface area contributed by atoms with Gasteiger partial charge in [-0.15, -0.1) is 0 Å². The fourth-order valence-corrected chi connectivity index (χ4v) is 17.2. The van der Waals surface area contributed by atoms with Crippen LogP contribution >= 0.6 is 14.5 Å². The van der Waals surface area contributed by atoms with Crippen molar-refractivity contribution < 1.29 is 9.47 Å². The topological polar surface area (TPSA) is 18.5 Å². The molecule has 4 heteroatoms. The van der Waals surface area contributed by atoms with Crippen LogP contribution in [0, 0.1) is 0 Å². The second-order valence-corrected chi connectivity index (χ2v) is 22.2. The Balaban J connectivity index is 1.11. The van der Waals surface area contributed by atoms with Gasteiger partial charge in [-0.25, -0.2) is 0 Å². The van der Waals surface area contributed by atoms with E-state index in [1.165, 1.54) is 81.2 Å². The zero-order valence-corrected chi connectivity index (χ0v) is 35.5. The summed E-state index contributed by atoms with van der Waals surface area (Å²) in [6.45, 7) is 2.42. The molecule has 0 heterocycles. The molecule has 0 bridgehead atoms. The number of ether oxygens (including phenoxy) is 2. The maximum atomic E-state index is 5.75. The molecule has 0 aromatic heterocycles. The monoisotopic (exact) mass is 786 g/mol. The summed E-state index contributed by atoms with van der Waals surface area (Å²) in [4.78, 5) is 0. The Morgan fingerprint density at radius 3 is 1.25 bits per heavy atom. The molecule has 57 heavy (non-hydrogen) atoms. The van der Waals surface area contributed by atoms with Crippen LogP contribution in [0.3, 0.4) is 0 Å². The minimum absolute atomic E-state index is 0.458. The van der Waals surface area contributed by atoms with E-state index in [1.54, 1.807) is 14.2 Å². The second kappa shape index (κ2) is 19.4. The van der Waals surface area contributed by atoms with Gasteiger partial charge in [-0.3, -0.25) is 0 Å². The molecule has 7 rings (SSSR count). The highest BCUT2D eigenvalue weighted by atomic mass is 31.2. The molecule has 0 aliphatic heterocycles. The zero-order chi connectivity index (χ0) is 39.3. The summed E-state index contributed by atoms with van der Waals surface area (Å²) in [6, 6.07) is 72.2. The van der Waals surface area contributed by atoms with E-state index in [1.807, 2.05) is 6.07 Å². The van der Waals surface area contributed by atoms with Crippen LogP contribution in [0.4, 0.5) is 0 Å². The summed E-state index contributed by atoms with van der Waals surface area (Å²) in [6.07, 6.45) is 8.15. The van der Waals surface area contributed by atoms with Crippen LogP contribution in [-0.2, 0) is 6.16 Å². The minimum Gasteiger partial charge on any atom is -0.497 e. The van der Waals surface area contributed by atoms with E-state index in [0.717, 1.165) is 17.7 Å². The van der Waals surface area contributed by atoms with Crippen LogP contribution in [0.5, 0.6) is 11.5 Å². The van der Waals surface area contributed by atoms with Crippen LogP contribution in [0.2, 0.25) is 0 Å². The van der Waals surface area contributed by atoms with Crippen molar-refractivity contribution in [2.24, 2.45) is 0 Å². The lowest BCUT2D eigenvalue weighted by Gasteiger charge is -2.29. The summed E-state index contributed by atoms with van der Waals surface area (Å²) in [7, 11) is -0.469. The van der Waals surface area contributed by atoms with E-state index in [2.05, 4.69) is 195 Å². The molecule has 0 fully saturated rings. The van der Waals surface area contributed by atoms with E-state index in [0.29, 0.717) is 5.92 Å². The van der Waals surface area contributed by atoms with Gasteiger partial charge in [-0.1, -0.05) is 123 Å². The first kappa shape index (κ1) is 40.2. The zero-order valence-electron chi connectivity index (χ0n) is 33.7. The summed E-state index contributed by atoms with van der Waals surface area (Å²) in [5.41, 5.74) is 2.64. The maximum absolute atomic E-state index is 5.75. The highest BCUT2D eigenvalue weighted by molar-refractivity contribution is 7.96. The van der Waals surface area contributed by atoms with Crippen molar-refractivity contribution >= 4 is 46.4 Å². The van der Waals surface area contributed by atoms with Crippen LogP contribution in [-0.4, -0.2) is 20.4 Å². The predicted molar refractivity (Wildman–Crippen MR) is 250 cm³/mol. The molecule has 1 atom stereocenters. The quantitative estimate of drug-likeness (QED) is 0.0637. The van der Waals surface area contributed by atoms with E-state index in [9.17, 15) is 0 Å². The first-order valence-corrected chi connectivity index (χ1v) is 24.4. The van der Waals surface area contributed by atoms with E-state index in [-0.39, 0.29) is 0 Å². The fourth-order valence-electron chi connectivity index (χ4n) is 8.59. The molecule has 7 aromatic carbocycles. The van der Waals surface area contributed by atoms with Gasteiger partial charge in [0.1, 0.15) is 57.9 Å². The molecular formula is C53H56O2P2+2. The van der Waals surface area contributed by atoms with Gasteiger partial charge in [-0.05, 0) is 121 Å². The molecular weight excluding hydrogens is 731 g/mol. The Morgan fingerprint density at radius 1 is 0.404 bits per heavy atom. The first-order chi connectivity index (χ1) is 28.1. The van der Waals surface area contributed by atoms with Crippen molar-refractivity contribution in [2.75, 3.05) is 20.4 Å². The predicted octanol–water partition coefficient (Wildman–Crippen LogP) is 11.2. The number of hydrogen-bond acceptors (Lipinski definition) is 2. The van der Waals surface area contributed by atoms with Gasteiger partial charge in [-0.2, -0.15) is 0 Å². The number of methoxy groups -OCH3 is 2. The molecule has 0 aliphatic rings. The van der Waals surface area contributed by atoms with Gasteiger partial charge >= 0.3 is 0 Å². The molecule has 0 aliphatic carbocycles. The second-order valence-electron chi connectivity index (χ2n) is 15.1. The third kappa shape index (κ3) is 9.10. The average Bonchev–Trinajstić information content (AvgIpc) is 3.29. The minimum atomic E-state index is -2.14. The normalized spacial score (nSPS) is 12.2. The van der Waals surface area contributed by atoms with Gasteiger partial charge in [0.25, 0.3) is 0 Å². The third-order valence-corrected chi connectivity index (χ3v) is 20.5. The summed E-state index contributed by atoms with van der Waals surface area (Å²) in [5, 5.41) is 8.60. The van der Waals surface area contributed by atoms with Gasteiger partial charge in [0.2, 0.25) is 0 Å². The highest BCUT2D eigenvalue weighted by Gasteiger charge is 2.46. The Hall–Kier alpha value is -5.00. The Labute approximate surface area is 342 Å². The molecule has 288 valence electrons. The van der Waals surface area contributed by atoms with Crippen molar-refractivity contribution in [3.8, 4) is 11.5 Å². The number of unbranched alkanes of at least 4 members (excludes halogenated alkanes) is 3.